The number of aliphatic hydroxyl groups excluding tert-OH is 4. The zero-order valence-electron chi connectivity index (χ0n) is 54.7. The molecule has 3 saturated heterocycles. The highest BCUT2D eigenvalue weighted by atomic mass is 16.7. The standard InChI is InChI=1S/C78H104O13/c1-45-56(46(2)80)61(82)58-50(60(45)81)30-47(66(86)87)31-54(58)89-67-62(83)63(84)78-34-51-52-33-72(32-48-36-88-44-76(59(48)52,22-11-29-79)53-13-12-49(57(51)53)55(91-78)35-73(20-9-10-21-73)64(85)65(78)90-67)41-75(28-26-70(39-75)18-7-8-19-70)77(43-72)42-71(24-23-68(37-71)14-3-4-15-68)40-74(77)27-25-69(38-74)16-5-6-17-69/h13,30-31,48,51-52,55,59,62-65,67,79,81-85H,3-12,14-29,32-44H2,1-2H3,(H,86,87)/t48-,51-,52-,55+,59+,62+,63+,64+,65+,67+,71+,72+,74-,75-,76-,77+,78-/m0/s1. The van der Waals surface area contributed by atoms with E-state index in [0.717, 1.165) is 45.1 Å². The number of fused-ring (bicyclic) bond motifs is 7. The molecule has 0 unspecified atom stereocenters. The minimum atomic E-state index is -1.79. The number of ketones is 1. The number of allylic oxidation sites excluding steroid dienone is 2. The van der Waals surface area contributed by atoms with Crippen LogP contribution in [0.2, 0.25) is 0 Å². The summed E-state index contributed by atoms with van der Waals surface area (Å²) >= 11 is 0. The SMILES string of the molecule is CC(=O)c1c(C)c(O)c2cc(C(=O)O)cc(O[C@@H]3O[C@@H]4[C@@H](O)C5(CCCC5)C[C@H]5O[C@@]4(C[C@@H]4C6=C5CC=C6[C@]5(CCCO)COC[C@@H]6C[C@@]7(C[C@@H]4[C@@H]65)C[C@@]4(CCC5(CCCC5)C4)[C@@]4(C7)C[C@@]5(CCC6(CCCC6)C5)C[C@@]45CCC4(CCCC4)C5)[C@H](O)[C@H]3O)c2c1O. The Hall–Kier alpha value is -3.56. The van der Waals surface area contributed by atoms with Gasteiger partial charge in [-0.2, -0.15) is 0 Å². The predicted octanol–water partition coefficient (Wildman–Crippen LogP) is 14.6. The van der Waals surface area contributed by atoms with Gasteiger partial charge in [-0.25, -0.2) is 4.79 Å². The molecule has 0 radical (unpaired) electrons. The minimum absolute atomic E-state index is 0.0651. The Labute approximate surface area is 538 Å². The van der Waals surface area contributed by atoms with Gasteiger partial charge >= 0.3 is 5.97 Å². The van der Waals surface area contributed by atoms with E-state index in [-0.39, 0.29) is 73.8 Å². The number of phenols is 2. The van der Waals surface area contributed by atoms with Crippen molar-refractivity contribution in [1.82, 2.24) is 0 Å². The molecule has 16 aliphatic rings. The summed E-state index contributed by atoms with van der Waals surface area (Å²) in [6.07, 6.45) is 38.7. The molecule has 0 amide bonds. The number of aliphatic hydroxyl groups is 4. The molecule has 17 atom stereocenters. The number of aromatic hydroxyl groups is 2. The van der Waals surface area contributed by atoms with E-state index in [0.29, 0.717) is 70.7 Å². The Bertz CT molecular complexity index is 3450. The number of carbonyl (C=O) groups excluding carboxylic acids is 1. The average molecular weight is 1250 g/mol. The fraction of sp³-hybridized carbons (Fsp3) is 0.795. The molecule has 0 aromatic heterocycles. The number of ether oxygens (including phenoxy) is 4. The lowest BCUT2D eigenvalue weighted by molar-refractivity contribution is -0.339. The van der Waals surface area contributed by atoms with Gasteiger partial charge in [-0.3, -0.25) is 4.79 Å². The van der Waals surface area contributed by atoms with Crippen molar-refractivity contribution in [2.45, 2.75) is 287 Å². The van der Waals surface area contributed by atoms with Crippen LogP contribution < -0.4 is 4.74 Å². The summed E-state index contributed by atoms with van der Waals surface area (Å²) in [5, 5.41) is 85.2. The zero-order valence-corrected chi connectivity index (χ0v) is 54.7. The van der Waals surface area contributed by atoms with Crippen molar-refractivity contribution < 1.29 is 64.3 Å². The van der Waals surface area contributed by atoms with Gasteiger partial charge in [-0.05, 0) is 289 Å². The van der Waals surface area contributed by atoms with Crippen molar-refractivity contribution in [2.24, 2.45) is 77.8 Å². The largest absolute Gasteiger partial charge is 0.507 e. The molecule has 4 aliphatic heterocycles. The summed E-state index contributed by atoms with van der Waals surface area (Å²) in [6.45, 7) is 4.24. The van der Waals surface area contributed by atoms with Crippen LogP contribution >= 0.6 is 0 Å². The van der Waals surface area contributed by atoms with Gasteiger partial charge in [0.1, 0.15) is 41.2 Å². The number of phenolic OH excluding ortho intramolecular Hbond substituents is 2. The number of hydrogen-bond donors (Lipinski definition) is 7. The second-order valence-corrected chi connectivity index (χ2v) is 36.1. The molecule has 10 spiro atoms. The maximum atomic E-state index is 13.7. The number of carboxylic acids is 1. The Morgan fingerprint density at radius 3 is 1.96 bits per heavy atom. The van der Waals surface area contributed by atoms with Crippen LogP contribution in [0.3, 0.4) is 0 Å². The van der Waals surface area contributed by atoms with Crippen LogP contribution in [0.25, 0.3) is 10.8 Å². The van der Waals surface area contributed by atoms with Crippen LogP contribution in [0, 0.1) is 84.7 Å². The van der Waals surface area contributed by atoms with Gasteiger partial charge in [-0.1, -0.05) is 57.4 Å². The molecular weight excluding hydrogens is 1140 g/mol. The van der Waals surface area contributed by atoms with E-state index >= 15 is 0 Å². The zero-order chi connectivity index (χ0) is 62.3. The van der Waals surface area contributed by atoms with E-state index in [4.69, 9.17) is 18.9 Å². The summed E-state index contributed by atoms with van der Waals surface area (Å²) in [7, 11) is 0. The highest BCUT2D eigenvalue weighted by molar-refractivity contribution is 6.11. The summed E-state index contributed by atoms with van der Waals surface area (Å²) in [5.74, 6) is -2.39. The van der Waals surface area contributed by atoms with Crippen LogP contribution in [0.5, 0.6) is 17.2 Å². The lowest BCUT2D eigenvalue weighted by Gasteiger charge is -2.64. The lowest BCUT2D eigenvalue weighted by Crippen LogP contribution is -2.72. The predicted molar refractivity (Wildman–Crippen MR) is 341 cm³/mol. The summed E-state index contributed by atoms with van der Waals surface area (Å²) in [4.78, 5) is 26.0. The second kappa shape index (κ2) is 20.0. The van der Waals surface area contributed by atoms with Gasteiger partial charge in [0, 0.05) is 35.0 Å². The van der Waals surface area contributed by atoms with Gasteiger partial charge in [0.15, 0.2) is 5.78 Å². The summed E-state index contributed by atoms with van der Waals surface area (Å²) in [5.41, 5.74) is 4.05. The Balaban J connectivity index is 0.783. The first-order chi connectivity index (χ1) is 43.7. The Morgan fingerprint density at radius 1 is 0.681 bits per heavy atom. The number of aromatic carboxylic acids is 1. The second-order valence-electron chi connectivity index (χ2n) is 36.1. The van der Waals surface area contributed by atoms with Crippen molar-refractivity contribution in [3.05, 3.63) is 51.6 Å². The van der Waals surface area contributed by atoms with E-state index in [1.165, 1.54) is 210 Å². The number of rotatable bonds is 7. The molecule has 2 aromatic rings. The van der Waals surface area contributed by atoms with Crippen molar-refractivity contribution in [3.63, 3.8) is 0 Å². The van der Waals surface area contributed by atoms with Crippen molar-refractivity contribution in [3.8, 4) is 17.2 Å². The first kappa shape index (κ1) is 59.9. The molecular formula is C78H104O13. The smallest absolute Gasteiger partial charge is 0.335 e. The molecule has 18 rings (SSSR count). The van der Waals surface area contributed by atoms with Crippen molar-refractivity contribution in [1.29, 1.82) is 0 Å². The molecule has 11 saturated carbocycles. The third kappa shape index (κ3) is 8.01. The topological polar surface area (TPSA) is 213 Å². The number of carboxylic acid groups (broad SMARTS) is 1. The van der Waals surface area contributed by atoms with Crippen LogP contribution in [-0.2, 0) is 14.2 Å². The van der Waals surface area contributed by atoms with Crippen LogP contribution in [-0.4, -0.2) is 110 Å². The third-order valence-electron chi connectivity index (χ3n) is 32.1. The Kier molecular flexibility index (Phi) is 13.2. The monoisotopic (exact) mass is 1250 g/mol. The molecule has 13 nitrogen and oxygen atoms in total. The molecule has 494 valence electrons. The van der Waals surface area contributed by atoms with Gasteiger partial charge in [0.05, 0.1) is 35.3 Å². The number of hydrogen-bond acceptors (Lipinski definition) is 12. The molecule has 91 heavy (non-hydrogen) atoms. The average Bonchev–Trinajstić information content (AvgIpc) is 1.49. The normalized spacial score (nSPS) is 45.5. The van der Waals surface area contributed by atoms with Gasteiger partial charge < -0.3 is 54.7 Å². The van der Waals surface area contributed by atoms with E-state index in [1.54, 1.807) is 0 Å². The minimum Gasteiger partial charge on any atom is -0.507 e. The molecule has 12 aliphatic carbocycles. The lowest BCUT2D eigenvalue weighted by atomic mass is 9.42. The third-order valence-corrected chi connectivity index (χ3v) is 32.1. The molecule has 2 bridgehead atoms. The van der Waals surface area contributed by atoms with Gasteiger partial charge in [0.2, 0.25) is 6.29 Å². The van der Waals surface area contributed by atoms with Crippen LogP contribution in [0.4, 0.5) is 0 Å². The van der Waals surface area contributed by atoms with E-state index in [9.17, 15) is 45.3 Å². The first-order valence-corrected chi connectivity index (χ1v) is 37.1. The van der Waals surface area contributed by atoms with E-state index < -0.39 is 71.1 Å². The molecule has 2 aromatic carbocycles. The fourth-order valence-corrected chi connectivity index (χ4v) is 29.7. The highest BCUT2D eigenvalue weighted by Gasteiger charge is 2.81. The number of benzene rings is 2. The van der Waals surface area contributed by atoms with Gasteiger partial charge in [-0.15, -0.1) is 0 Å². The number of carbonyl (C=O) groups is 2. The van der Waals surface area contributed by atoms with Crippen LogP contribution in [0.15, 0.2) is 34.9 Å². The quantitative estimate of drug-likeness (QED) is 0.102. The molecule has 14 fully saturated rings. The highest BCUT2D eigenvalue weighted by Crippen LogP contribution is 2.90. The van der Waals surface area contributed by atoms with E-state index in [1.807, 2.05) is 0 Å². The van der Waals surface area contributed by atoms with E-state index in [2.05, 4.69) is 6.08 Å². The maximum absolute atomic E-state index is 13.7. The summed E-state index contributed by atoms with van der Waals surface area (Å²) in [6, 6.07) is 2.41. The summed E-state index contributed by atoms with van der Waals surface area (Å²) < 4.78 is 29.0. The van der Waals surface area contributed by atoms with Crippen molar-refractivity contribution >= 4 is 22.5 Å². The maximum Gasteiger partial charge on any atom is 0.335 e. The number of Topliss-reactive ketones (excluding diaryl/α,β-unsaturated/α-hetero) is 1. The van der Waals surface area contributed by atoms with Gasteiger partial charge in [0.25, 0.3) is 0 Å². The Morgan fingerprint density at radius 2 is 1.30 bits per heavy atom. The molecule has 4 heterocycles. The molecule has 7 N–H and O–H groups in total. The van der Waals surface area contributed by atoms with Crippen LogP contribution in [0.1, 0.15) is 264 Å². The first-order valence-electron chi connectivity index (χ1n) is 37.1. The fourth-order valence-electron chi connectivity index (χ4n) is 29.7. The molecule has 13 heteroatoms. The van der Waals surface area contributed by atoms with Crippen molar-refractivity contribution in [2.75, 3.05) is 19.8 Å².